The first-order chi connectivity index (χ1) is 3.31. The second-order valence-corrected chi connectivity index (χ2v) is 0.925. The van der Waals surface area contributed by atoms with Gasteiger partial charge in [0.05, 0.1) is 0 Å². The van der Waals surface area contributed by atoms with Gasteiger partial charge in [0.1, 0.15) is 18.5 Å². The fraction of sp³-hybridized carbons (Fsp3) is 0.250. The predicted octanol–water partition coefficient (Wildman–Crippen LogP) is -0.437. The van der Waals surface area contributed by atoms with Gasteiger partial charge in [-0.3, -0.25) is 0 Å². The van der Waals surface area contributed by atoms with Crippen LogP contribution in [-0.2, 0) is 0 Å². The molecule has 0 rings (SSSR count). The molecule has 0 aliphatic carbocycles. The monoisotopic (exact) mass is 98.0 g/mol. The lowest BCUT2D eigenvalue weighted by Gasteiger charge is -1.91. The molecule has 7 heavy (non-hydrogen) atoms. The van der Waals surface area contributed by atoms with Crippen molar-refractivity contribution in [3.05, 3.63) is 12.3 Å². The van der Waals surface area contributed by atoms with E-state index in [0.29, 0.717) is 0 Å². The minimum atomic E-state index is -0.230. The summed E-state index contributed by atoms with van der Waals surface area (Å²) in [5.41, 5.74) is 0.183. The van der Waals surface area contributed by atoms with Crippen molar-refractivity contribution >= 4 is 0 Å². The Kier molecular flexibility index (Phi) is 2.73. The number of aliphatic hydroxyl groups is 1. The van der Waals surface area contributed by atoms with Crippen LogP contribution >= 0.6 is 0 Å². The molecule has 0 aliphatic rings. The summed E-state index contributed by atoms with van der Waals surface area (Å²) in [4.78, 5) is 0. The van der Waals surface area contributed by atoms with Gasteiger partial charge < -0.3 is 10.4 Å². The third-order valence-electron chi connectivity index (χ3n) is 0.427. The van der Waals surface area contributed by atoms with E-state index in [1.54, 1.807) is 6.07 Å². The Bertz CT molecular complexity index is 103. The second kappa shape index (κ2) is 3.19. The molecule has 2 N–H and O–H groups in total. The molecule has 0 aromatic rings. The van der Waals surface area contributed by atoms with Crippen molar-refractivity contribution in [3.63, 3.8) is 0 Å². The van der Waals surface area contributed by atoms with E-state index in [1.807, 2.05) is 0 Å². The summed E-state index contributed by atoms with van der Waals surface area (Å²) in [7, 11) is 0. The first kappa shape index (κ1) is 5.99. The maximum Gasteiger partial charge on any atom is 0.116 e. The van der Waals surface area contributed by atoms with Crippen LogP contribution in [0, 0.1) is 11.3 Å². The minimum absolute atomic E-state index is 0.183. The van der Waals surface area contributed by atoms with Crippen molar-refractivity contribution in [2.45, 2.75) is 0 Å². The molecule has 0 saturated heterocycles. The molecule has 3 heteroatoms. The molecular formula is C4H6N2O. The van der Waals surface area contributed by atoms with Gasteiger partial charge in [0.2, 0.25) is 0 Å². The maximum absolute atomic E-state index is 8.04. The lowest BCUT2D eigenvalue weighted by atomic mass is 10.6. The lowest BCUT2D eigenvalue weighted by Crippen LogP contribution is -2.10. The van der Waals surface area contributed by atoms with Crippen molar-refractivity contribution < 1.29 is 5.11 Å². The number of nitrogens with one attached hydrogen (secondary N) is 1. The van der Waals surface area contributed by atoms with E-state index in [2.05, 4.69) is 11.9 Å². The number of hydrogen-bond donors (Lipinski definition) is 2. The number of aliphatic hydroxyl groups excluding tert-OH is 1. The molecule has 0 atom stereocenters. The van der Waals surface area contributed by atoms with Crippen LogP contribution in [0.4, 0.5) is 0 Å². The van der Waals surface area contributed by atoms with Crippen LogP contribution in [0.25, 0.3) is 0 Å². The zero-order valence-electron chi connectivity index (χ0n) is 3.81. The Morgan fingerprint density at radius 1 is 2.00 bits per heavy atom. The Morgan fingerprint density at radius 3 is 2.71 bits per heavy atom. The second-order valence-electron chi connectivity index (χ2n) is 0.925. The number of nitriles is 1. The molecule has 0 bridgehead atoms. The largest absolute Gasteiger partial charge is 0.377 e. The van der Waals surface area contributed by atoms with Gasteiger partial charge in [-0.2, -0.15) is 5.26 Å². The summed E-state index contributed by atoms with van der Waals surface area (Å²) in [6, 6.07) is 1.70. The summed E-state index contributed by atoms with van der Waals surface area (Å²) < 4.78 is 0. The van der Waals surface area contributed by atoms with Crippen LogP contribution in [0.1, 0.15) is 0 Å². The molecule has 0 radical (unpaired) electrons. The van der Waals surface area contributed by atoms with Crippen LogP contribution in [0.5, 0.6) is 0 Å². The zero-order chi connectivity index (χ0) is 5.70. The average Bonchev–Trinajstić information content (AvgIpc) is 1.68. The van der Waals surface area contributed by atoms with Gasteiger partial charge >= 0.3 is 0 Å². The van der Waals surface area contributed by atoms with E-state index in [0.717, 1.165) is 0 Å². The smallest absolute Gasteiger partial charge is 0.116 e. The minimum Gasteiger partial charge on any atom is -0.377 e. The average molecular weight is 98.1 g/mol. The van der Waals surface area contributed by atoms with E-state index in [1.165, 1.54) is 0 Å². The summed E-state index contributed by atoms with van der Waals surface area (Å²) in [5, 5.41) is 18.3. The lowest BCUT2D eigenvalue weighted by molar-refractivity contribution is 0.277. The molecule has 0 saturated carbocycles. The third kappa shape index (κ3) is 2.80. The normalized spacial score (nSPS) is 6.86. The van der Waals surface area contributed by atoms with Gasteiger partial charge in [-0.25, -0.2) is 0 Å². The summed E-state index contributed by atoms with van der Waals surface area (Å²) in [5.74, 6) is 0. The highest BCUT2D eigenvalue weighted by molar-refractivity contribution is 5.12. The quantitative estimate of drug-likeness (QED) is 0.363. The number of nitrogens with zero attached hydrogens (tertiary/aromatic N) is 1. The Morgan fingerprint density at radius 2 is 2.57 bits per heavy atom. The Balaban J connectivity index is 3.24. The SMILES string of the molecule is C=C(C#N)NCO. The van der Waals surface area contributed by atoms with Gasteiger partial charge in [-0.15, -0.1) is 0 Å². The fourth-order valence-electron chi connectivity index (χ4n) is 0.135. The van der Waals surface area contributed by atoms with Gasteiger partial charge in [0.15, 0.2) is 0 Å². The van der Waals surface area contributed by atoms with Crippen LogP contribution in [0.15, 0.2) is 12.3 Å². The summed E-state index contributed by atoms with van der Waals surface area (Å²) in [6.07, 6.45) is 0. The molecule has 0 spiro atoms. The number of rotatable bonds is 2. The van der Waals surface area contributed by atoms with Crippen molar-refractivity contribution in [1.82, 2.24) is 5.32 Å². The van der Waals surface area contributed by atoms with E-state index in [9.17, 15) is 0 Å². The third-order valence-corrected chi connectivity index (χ3v) is 0.427. The Hall–Kier alpha value is -1.01. The van der Waals surface area contributed by atoms with E-state index in [-0.39, 0.29) is 12.4 Å². The molecular weight excluding hydrogens is 92.1 g/mol. The number of hydrogen-bond acceptors (Lipinski definition) is 3. The van der Waals surface area contributed by atoms with E-state index < -0.39 is 0 Å². The van der Waals surface area contributed by atoms with Crippen molar-refractivity contribution in [2.75, 3.05) is 6.73 Å². The first-order valence-corrected chi connectivity index (χ1v) is 1.75. The van der Waals surface area contributed by atoms with Crippen LogP contribution < -0.4 is 5.32 Å². The molecule has 0 unspecified atom stereocenters. The highest BCUT2D eigenvalue weighted by Gasteiger charge is 1.80. The van der Waals surface area contributed by atoms with Gasteiger partial charge in [0, 0.05) is 0 Å². The summed E-state index contributed by atoms with van der Waals surface area (Å²) >= 11 is 0. The maximum atomic E-state index is 8.04. The van der Waals surface area contributed by atoms with Crippen molar-refractivity contribution in [1.29, 1.82) is 5.26 Å². The van der Waals surface area contributed by atoms with Crippen molar-refractivity contribution in [3.8, 4) is 6.07 Å². The molecule has 0 fully saturated rings. The standard InChI is InChI=1S/C4H6N2O/c1-4(2-5)6-3-7/h6-7H,1,3H2. The molecule has 0 heterocycles. The molecule has 0 aromatic carbocycles. The fourth-order valence-corrected chi connectivity index (χ4v) is 0.135. The summed E-state index contributed by atoms with van der Waals surface area (Å²) in [6.45, 7) is 3.00. The molecule has 0 amide bonds. The van der Waals surface area contributed by atoms with Crippen LogP contribution in [-0.4, -0.2) is 11.8 Å². The first-order valence-electron chi connectivity index (χ1n) is 1.75. The van der Waals surface area contributed by atoms with Crippen LogP contribution in [0.3, 0.4) is 0 Å². The van der Waals surface area contributed by atoms with Crippen LogP contribution in [0.2, 0.25) is 0 Å². The Labute approximate surface area is 41.9 Å². The van der Waals surface area contributed by atoms with E-state index >= 15 is 0 Å². The van der Waals surface area contributed by atoms with Gasteiger partial charge in [0.25, 0.3) is 0 Å². The molecule has 38 valence electrons. The predicted molar refractivity (Wildman–Crippen MR) is 25.0 cm³/mol. The van der Waals surface area contributed by atoms with Gasteiger partial charge in [-0.1, -0.05) is 6.58 Å². The topological polar surface area (TPSA) is 56.0 Å². The van der Waals surface area contributed by atoms with E-state index in [4.69, 9.17) is 10.4 Å². The van der Waals surface area contributed by atoms with Gasteiger partial charge in [-0.05, 0) is 0 Å². The number of allylic oxidation sites excluding steroid dienone is 1. The molecule has 0 aliphatic heterocycles. The molecule has 0 aromatic heterocycles. The molecule has 3 nitrogen and oxygen atoms in total. The highest BCUT2D eigenvalue weighted by Crippen LogP contribution is 1.72. The van der Waals surface area contributed by atoms with Crippen molar-refractivity contribution in [2.24, 2.45) is 0 Å². The highest BCUT2D eigenvalue weighted by atomic mass is 16.3. The zero-order valence-corrected chi connectivity index (χ0v) is 3.81.